The van der Waals surface area contributed by atoms with Crippen molar-refractivity contribution in [1.82, 2.24) is 16.0 Å². The molecule has 0 saturated carbocycles. The van der Waals surface area contributed by atoms with Crippen LogP contribution in [0.1, 0.15) is 29.5 Å². The van der Waals surface area contributed by atoms with Crippen molar-refractivity contribution in [3.05, 3.63) is 95.6 Å². The predicted molar refractivity (Wildman–Crippen MR) is 163 cm³/mol. The highest BCUT2D eigenvalue weighted by Crippen LogP contribution is 2.30. The van der Waals surface area contributed by atoms with E-state index in [2.05, 4.69) is 16.0 Å². The van der Waals surface area contributed by atoms with Crippen LogP contribution in [0.2, 0.25) is 0 Å². The first-order valence-corrected chi connectivity index (χ1v) is 14.1. The third kappa shape index (κ3) is 10.7. The quantitative estimate of drug-likeness (QED) is 0.200. The number of carbonyl (C=O) groups excluding carboxylic acids is 4. The zero-order valence-electron chi connectivity index (χ0n) is 25.2. The maximum atomic E-state index is 13.4. The molecule has 3 aromatic carbocycles. The summed E-state index contributed by atoms with van der Waals surface area (Å²) in [6.07, 6.45) is 0.108. The van der Waals surface area contributed by atoms with E-state index < -0.39 is 42.2 Å². The second-order valence-electron chi connectivity index (χ2n) is 9.84. The van der Waals surface area contributed by atoms with Crippen molar-refractivity contribution in [3.8, 4) is 11.5 Å². The van der Waals surface area contributed by atoms with Crippen molar-refractivity contribution >= 4 is 23.7 Å². The highest BCUT2D eigenvalue weighted by Gasteiger charge is 2.29. The summed E-state index contributed by atoms with van der Waals surface area (Å²) >= 11 is 0. The van der Waals surface area contributed by atoms with Crippen LogP contribution in [-0.2, 0) is 48.2 Å². The van der Waals surface area contributed by atoms with Crippen LogP contribution >= 0.6 is 0 Å². The van der Waals surface area contributed by atoms with Gasteiger partial charge in [0, 0.05) is 25.6 Å². The van der Waals surface area contributed by atoms with E-state index in [1.54, 1.807) is 30.3 Å². The van der Waals surface area contributed by atoms with Gasteiger partial charge < -0.3 is 34.9 Å². The third-order valence-corrected chi connectivity index (χ3v) is 6.65. The third-order valence-electron chi connectivity index (χ3n) is 6.65. The molecule has 11 nitrogen and oxygen atoms in total. The molecule has 3 rings (SSSR count). The average molecular weight is 606 g/mol. The average Bonchev–Trinajstić information content (AvgIpc) is 3.05. The number of para-hydroxylation sites is 1. The van der Waals surface area contributed by atoms with Gasteiger partial charge in [-0.3, -0.25) is 19.2 Å². The number of carbonyl (C=O) groups is 4. The fourth-order valence-electron chi connectivity index (χ4n) is 4.36. The minimum atomic E-state index is -1.29. The summed E-state index contributed by atoms with van der Waals surface area (Å²) in [6.45, 7) is -0.0564. The fourth-order valence-corrected chi connectivity index (χ4v) is 4.36. The van der Waals surface area contributed by atoms with Gasteiger partial charge in [-0.25, -0.2) is 0 Å². The molecule has 234 valence electrons. The van der Waals surface area contributed by atoms with Crippen LogP contribution in [0.5, 0.6) is 11.5 Å². The molecule has 0 unspecified atom stereocenters. The summed E-state index contributed by atoms with van der Waals surface area (Å²) in [5, 5.41) is 8.01. The lowest BCUT2D eigenvalue weighted by molar-refractivity contribution is -0.147. The molecule has 0 aliphatic carbocycles. The Hall–Kier alpha value is -4.90. The van der Waals surface area contributed by atoms with Crippen molar-refractivity contribution in [1.29, 1.82) is 0 Å². The Morgan fingerprint density at radius 1 is 0.727 bits per heavy atom. The van der Waals surface area contributed by atoms with Crippen molar-refractivity contribution in [2.24, 2.45) is 0 Å². The van der Waals surface area contributed by atoms with Gasteiger partial charge in [-0.1, -0.05) is 72.8 Å². The van der Waals surface area contributed by atoms with E-state index in [0.717, 1.165) is 11.1 Å². The van der Waals surface area contributed by atoms with E-state index in [4.69, 9.17) is 18.9 Å². The number of nitrogens with one attached hydrogen (secondary N) is 3. The normalized spacial score (nSPS) is 11.9. The number of rotatable bonds is 17. The lowest BCUT2D eigenvalue weighted by Crippen LogP contribution is -2.55. The second-order valence-corrected chi connectivity index (χ2v) is 9.84. The minimum absolute atomic E-state index is 0.0123. The largest absolute Gasteiger partial charge is 0.493 e. The highest BCUT2D eigenvalue weighted by molar-refractivity contribution is 5.94. The SMILES string of the molecule is COC[C@H](NC(=O)[C@H](CC(=O)OCc1ccccc1)NC(=O)CCc1ccccc1)C(=O)NCc1cccc(OC)c1OC. The van der Waals surface area contributed by atoms with Crippen LogP contribution in [0.4, 0.5) is 0 Å². The van der Waals surface area contributed by atoms with Gasteiger partial charge in [-0.2, -0.15) is 0 Å². The lowest BCUT2D eigenvalue weighted by Gasteiger charge is -2.23. The van der Waals surface area contributed by atoms with Crippen LogP contribution in [0.3, 0.4) is 0 Å². The van der Waals surface area contributed by atoms with Gasteiger partial charge in [0.2, 0.25) is 17.7 Å². The molecule has 11 heteroatoms. The first-order chi connectivity index (χ1) is 21.3. The molecule has 0 aromatic heterocycles. The Morgan fingerprint density at radius 3 is 2.05 bits per heavy atom. The molecule has 0 aliphatic heterocycles. The lowest BCUT2D eigenvalue weighted by atomic mass is 10.1. The summed E-state index contributed by atoms with van der Waals surface area (Å²) in [4.78, 5) is 52.1. The van der Waals surface area contributed by atoms with Crippen LogP contribution in [0, 0.1) is 0 Å². The van der Waals surface area contributed by atoms with Crippen molar-refractivity contribution in [3.63, 3.8) is 0 Å². The molecule has 2 atom stereocenters. The minimum Gasteiger partial charge on any atom is -0.493 e. The maximum Gasteiger partial charge on any atom is 0.308 e. The van der Waals surface area contributed by atoms with Gasteiger partial charge in [-0.15, -0.1) is 0 Å². The number of ether oxygens (including phenoxy) is 4. The van der Waals surface area contributed by atoms with Gasteiger partial charge in [0.15, 0.2) is 11.5 Å². The van der Waals surface area contributed by atoms with E-state index in [1.807, 2.05) is 48.5 Å². The molecular weight excluding hydrogens is 566 g/mol. The standard InChI is InChI=1S/C33H39N3O8/c1-41-22-27(32(39)34-20-25-15-10-16-28(42-2)31(25)43-3)36-33(40)26(19-30(38)44-21-24-13-8-5-9-14-24)35-29(37)18-17-23-11-6-4-7-12-23/h4-16,26-27H,17-22H2,1-3H3,(H,34,39)(H,35,37)(H,36,40)/t26-,27-/m0/s1. The first-order valence-electron chi connectivity index (χ1n) is 14.1. The number of esters is 1. The number of methoxy groups -OCH3 is 3. The topological polar surface area (TPSA) is 141 Å². The van der Waals surface area contributed by atoms with E-state index in [1.165, 1.54) is 21.3 Å². The van der Waals surface area contributed by atoms with Gasteiger partial charge >= 0.3 is 5.97 Å². The molecule has 3 aromatic rings. The summed E-state index contributed by atoms with van der Waals surface area (Å²) in [7, 11) is 4.40. The van der Waals surface area contributed by atoms with Crippen molar-refractivity contribution in [2.75, 3.05) is 27.9 Å². The van der Waals surface area contributed by atoms with Crippen molar-refractivity contribution in [2.45, 2.75) is 44.5 Å². The smallest absolute Gasteiger partial charge is 0.308 e. The Morgan fingerprint density at radius 2 is 1.41 bits per heavy atom. The Bertz CT molecular complexity index is 1310. The van der Waals surface area contributed by atoms with Gasteiger partial charge in [0.1, 0.15) is 18.7 Å². The zero-order chi connectivity index (χ0) is 31.7. The van der Waals surface area contributed by atoms with Crippen LogP contribution in [0.25, 0.3) is 0 Å². The Kier molecular flexibility index (Phi) is 13.7. The molecule has 0 spiro atoms. The molecule has 44 heavy (non-hydrogen) atoms. The highest BCUT2D eigenvalue weighted by atomic mass is 16.5. The molecule has 0 saturated heterocycles. The molecule has 0 radical (unpaired) electrons. The summed E-state index contributed by atoms with van der Waals surface area (Å²) in [5.41, 5.74) is 2.39. The molecular formula is C33H39N3O8. The van der Waals surface area contributed by atoms with Crippen LogP contribution in [0.15, 0.2) is 78.9 Å². The fraction of sp³-hybridized carbons (Fsp3) is 0.333. The number of aryl methyl sites for hydroxylation is 1. The van der Waals surface area contributed by atoms with Gasteiger partial charge in [0.25, 0.3) is 0 Å². The molecule has 0 fully saturated rings. The molecule has 3 N–H and O–H groups in total. The zero-order valence-corrected chi connectivity index (χ0v) is 25.2. The number of hydrogen-bond acceptors (Lipinski definition) is 8. The Balaban J connectivity index is 1.67. The van der Waals surface area contributed by atoms with Crippen molar-refractivity contribution < 1.29 is 38.1 Å². The van der Waals surface area contributed by atoms with E-state index in [9.17, 15) is 19.2 Å². The first kappa shape index (κ1) is 33.6. The van der Waals surface area contributed by atoms with E-state index in [0.29, 0.717) is 23.5 Å². The summed E-state index contributed by atoms with van der Waals surface area (Å²) < 4.78 is 21.3. The van der Waals surface area contributed by atoms with E-state index >= 15 is 0 Å². The molecule has 3 amide bonds. The van der Waals surface area contributed by atoms with Gasteiger partial charge in [0.05, 0.1) is 27.2 Å². The monoisotopic (exact) mass is 605 g/mol. The van der Waals surface area contributed by atoms with E-state index in [-0.39, 0.29) is 26.2 Å². The van der Waals surface area contributed by atoms with Crippen LogP contribution < -0.4 is 25.4 Å². The maximum absolute atomic E-state index is 13.4. The van der Waals surface area contributed by atoms with Crippen LogP contribution in [-0.4, -0.2) is 63.7 Å². The number of amides is 3. The summed E-state index contributed by atoms with van der Waals surface area (Å²) in [5.74, 6) is -1.41. The number of hydrogen-bond donors (Lipinski definition) is 3. The summed E-state index contributed by atoms with van der Waals surface area (Å²) in [6, 6.07) is 21.4. The second kappa shape index (κ2) is 17.9. The number of benzene rings is 3. The van der Waals surface area contributed by atoms with Gasteiger partial charge in [-0.05, 0) is 23.6 Å². The molecule has 0 heterocycles. The Labute approximate surface area is 257 Å². The molecule has 0 aliphatic rings. The molecule has 0 bridgehead atoms. The predicted octanol–water partition coefficient (Wildman–Crippen LogP) is 2.70.